The quantitative estimate of drug-likeness (QED) is 0.770. The highest BCUT2D eigenvalue weighted by Gasteiger charge is 2.17. The van der Waals surface area contributed by atoms with E-state index in [-0.39, 0.29) is 23.8 Å². The van der Waals surface area contributed by atoms with Crippen LogP contribution in [0.2, 0.25) is 0 Å². The number of carbonyl (C=O) groups is 2. The van der Waals surface area contributed by atoms with Crippen LogP contribution in [-0.2, 0) is 4.79 Å². The van der Waals surface area contributed by atoms with Crippen molar-refractivity contribution in [2.75, 3.05) is 24.3 Å². The van der Waals surface area contributed by atoms with Crippen molar-refractivity contribution in [3.63, 3.8) is 0 Å². The predicted molar refractivity (Wildman–Crippen MR) is 111 cm³/mol. The van der Waals surface area contributed by atoms with Gasteiger partial charge in [0.15, 0.2) is 0 Å². The second-order valence-corrected chi connectivity index (χ2v) is 7.38. The molecule has 0 aliphatic carbocycles. The molecule has 2 amide bonds. The van der Waals surface area contributed by atoms with Crippen molar-refractivity contribution in [1.29, 1.82) is 0 Å². The minimum atomic E-state index is -0.171. The Morgan fingerprint density at radius 2 is 1.67 bits per heavy atom. The average Bonchev–Trinajstić information content (AvgIpc) is 2.61. The van der Waals surface area contributed by atoms with Crippen molar-refractivity contribution in [2.45, 2.75) is 33.2 Å². The van der Waals surface area contributed by atoms with Crippen LogP contribution in [0, 0.1) is 5.92 Å². The second kappa shape index (κ2) is 9.21. The molecule has 2 rings (SSSR count). The zero-order chi connectivity index (χ0) is 20.0. The van der Waals surface area contributed by atoms with Crippen LogP contribution in [0.4, 0.5) is 11.4 Å². The summed E-state index contributed by atoms with van der Waals surface area (Å²) in [4.78, 5) is 26.9. The largest absolute Gasteiger partial charge is 0.377 e. The van der Waals surface area contributed by atoms with Gasteiger partial charge in [-0.25, -0.2) is 0 Å². The first-order valence-corrected chi connectivity index (χ1v) is 9.25. The van der Waals surface area contributed by atoms with E-state index in [1.54, 1.807) is 6.07 Å². The Labute approximate surface area is 161 Å². The number of hydrogen-bond donors (Lipinski definition) is 2. The molecular formula is C22H29N3O2. The molecule has 0 heterocycles. The summed E-state index contributed by atoms with van der Waals surface area (Å²) in [5, 5.41) is 5.92. The molecule has 0 aliphatic rings. The minimum absolute atomic E-state index is 0.0494. The van der Waals surface area contributed by atoms with Gasteiger partial charge in [-0.2, -0.15) is 0 Å². The zero-order valence-corrected chi connectivity index (χ0v) is 16.7. The Morgan fingerprint density at radius 1 is 1.00 bits per heavy atom. The molecule has 0 saturated carbocycles. The van der Waals surface area contributed by atoms with E-state index in [1.807, 2.05) is 82.2 Å². The lowest BCUT2D eigenvalue weighted by atomic mass is 10.1. The maximum Gasteiger partial charge on any atom is 0.253 e. The molecule has 0 aliphatic heterocycles. The van der Waals surface area contributed by atoms with Crippen LogP contribution in [0.15, 0.2) is 48.5 Å². The van der Waals surface area contributed by atoms with E-state index in [0.29, 0.717) is 17.7 Å². The van der Waals surface area contributed by atoms with Gasteiger partial charge in [0, 0.05) is 31.9 Å². The topological polar surface area (TPSA) is 61.4 Å². The lowest BCUT2D eigenvalue weighted by Gasteiger charge is -2.20. The van der Waals surface area contributed by atoms with Gasteiger partial charge in [0.2, 0.25) is 5.91 Å². The Bertz CT molecular complexity index is 785. The number of carbonyl (C=O) groups excluding carboxylic acids is 2. The fourth-order valence-corrected chi connectivity index (χ4v) is 2.87. The number of anilines is 2. The van der Waals surface area contributed by atoms with Gasteiger partial charge in [-0.3, -0.25) is 9.59 Å². The summed E-state index contributed by atoms with van der Waals surface area (Å²) in [7, 11) is 3.79. The maximum absolute atomic E-state index is 12.9. The summed E-state index contributed by atoms with van der Waals surface area (Å²) < 4.78 is 0. The van der Waals surface area contributed by atoms with Gasteiger partial charge < -0.3 is 15.5 Å². The highest BCUT2D eigenvalue weighted by Crippen LogP contribution is 2.24. The third kappa shape index (κ3) is 5.84. The molecule has 5 nitrogen and oxygen atoms in total. The molecule has 0 saturated heterocycles. The molecular weight excluding hydrogens is 338 g/mol. The van der Waals surface area contributed by atoms with Crippen LogP contribution in [0.3, 0.4) is 0 Å². The van der Waals surface area contributed by atoms with Crippen LogP contribution in [0.25, 0.3) is 0 Å². The molecule has 2 aromatic carbocycles. The van der Waals surface area contributed by atoms with Crippen LogP contribution in [-0.4, -0.2) is 25.9 Å². The smallest absolute Gasteiger partial charge is 0.253 e. The number of rotatable bonds is 7. The first-order valence-electron chi connectivity index (χ1n) is 9.25. The maximum atomic E-state index is 12.9. The number of benzene rings is 2. The third-order valence-corrected chi connectivity index (χ3v) is 4.25. The number of nitrogens with one attached hydrogen (secondary N) is 2. The molecule has 1 atom stereocenters. The third-order valence-electron chi connectivity index (χ3n) is 4.25. The van der Waals surface area contributed by atoms with Gasteiger partial charge in [0.25, 0.3) is 5.91 Å². The van der Waals surface area contributed by atoms with Gasteiger partial charge >= 0.3 is 0 Å². The van der Waals surface area contributed by atoms with Gasteiger partial charge in [-0.15, -0.1) is 0 Å². The SMILES string of the molecule is CC(C)CC(=O)Nc1ccc(N(C)C)c(C(=O)NC(C)c2ccccc2)c1. The van der Waals surface area contributed by atoms with Crippen LogP contribution in [0.1, 0.15) is 49.2 Å². The van der Waals surface area contributed by atoms with E-state index >= 15 is 0 Å². The Balaban J connectivity index is 2.22. The van der Waals surface area contributed by atoms with E-state index < -0.39 is 0 Å². The van der Waals surface area contributed by atoms with E-state index in [1.165, 1.54) is 0 Å². The van der Waals surface area contributed by atoms with Gasteiger partial charge in [-0.05, 0) is 36.6 Å². The number of nitrogens with zero attached hydrogens (tertiary/aromatic N) is 1. The van der Waals surface area contributed by atoms with Crippen molar-refractivity contribution in [3.8, 4) is 0 Å². The first kappa shape index (κ1) is 20.5. The molecule has 0 spiro atoms. The van der Waals surface area contributed by atoms with E-state index in [2.05, 4.69) is 10.6 Å². The molecule has 1 unspecified atom stereocenters. The van der Waals surface area contributed by atoms with Crippen LogP contribution < -0.4 is 15.5 Å². The fourth-order valence-electron chi connectivity index (χ4n) is 2.87. The molecule has 27 heavy (non-hydrogen) atoms. The van der Waals surface area contributed by atoms with Gasteiger partial charge in [-0.1, -0.05) is 44.2 Å². The standard InChI is InChI=1S/C22H29N3O2/c1-15(2)13-21(26)24-18-11-12-20(25(4)5)19(14-18)22(27)23-16(3)17-9-7-6-8-10-17/h6-12,14-16H,13H2,1-5H3,(H,23,27)(H,24,26). The van der Waals surface area contributed by atoms with Crippen molar-refractivity contribution < 1.29 is 9.59 Å². The van der Waals surface area contributed by atoms with Crippen molar-refractivity contribution in [1.82, 2.24) is 5.32 Å². The van der Waals surface area contributed by atoms with Gasteiger partial charge in [0.1, 0.15) is 0 Å². The molecule has 144 valence electrons. The summed E-state index contributed by atoms with van der Waals surface area (Å²) in [5.41, 5.74) is 3.00. The Hall–Kier alpha value is -2.82. The normalized spacial score (nSPS) is 11.8. The Morgan fingerprint density at radius 3 is 2.26 bits per heavy atom. The summed E-state index contributed by atoms with van der Waals surface area (Å²) in [6.45, 7) is 5.95. The minimum Gasteiger partial charge on any atom is -0.377 e. The highest BCUT2D eigenvalue weighted by atomic mass is 16.2. The first-order chi connectivity index (χ1) is 12.8. The predicted octanol–water partition coefficient (Wildman–Crippen LogP) is 4.23. The van der Waals surface area contributed by atoms with E-state index in [9.17, 15) is 9.59 Å². The fraction of sp³-hybridized carbons (Fsp3) is 0.364. The molecule has 5 heteroatoms. The average molecular weight is 367 g/mol. The molecule has 0 bridgehead atoms. The lowest BCUT2D eigenvalue weighted by Crippen LogP contribution is -2.28. The van der Waals surface area contributed by atoms with E-state index in [4.69, 9.17) is 0 Å². The summed E-state index contributed by atoms with van der Waals surface area (Å²) in [6.07, 6.45) is 0.446. The molecule has 0 fully saturated rings. The van der Waals surface area contributed by atoms with E-state index in [0.717, 1.165) is 11.3 Å². The number of hydrogen-bond acceptors (Lipinski definition) is 3. The molecule has 0 aromatic heterocycles. The zero-order valence-electron chi connectivity index (χ0n) is 16.7. The summed E-state index contributed by atoms with van der Waals surface area (Å²) in [6, 6.07) is 15.1. The monoisotopic (exact) mass is 367 g/mol. The highest BCUT2D eigenvalue weighted by molar-refractivity contribution is 6.02. The second-order valence-electron chi connectivity index (χ2n) is 7.38. The van der Waals surface area contributed by atoms with Crippen molar-refractivity contribution in [2.24, 2.45) is 5.92 Å². The molecule has 2 aromatic rings. The lowest BCUT2D eigenvalue weighted by molar-refractivity contribution is -0.116. The van der Waals surface area contributed by atoms with Crippen molar-refractivity contribution in [3.05, 3.63) is 59.7 Å². The number of amides is 2. The van der Waals surface area contributed by atoms with Crippen LogP contribution >= 0.6 is 0 Å². The summed E-state index contributed by atoms with van der Waals surface area (Å²) in [5.74, 6) is 0.0576. The Kier molecular flexibility index (Phi) is 6.99. The molecule has 0 radical (unpaired) electrons. The molecule has 2 N–H and O–H groups in total. The van der Waals surface area contributed by atoms with Crippen molar-refractivity contribution >= 4 is 23.2 Å². The van der Waals surface area contributed by atoms with Gasteiger partial charge in [0.05, 0.1) is 11.6 Å². The van der Waals surface area contributed by atoms with Crippen LogP contribution in [0.5, 0.6) is 0 Å². The summed E-state index contributed by atoms with van der Waals surface area (Å²) >= 11 is 0.